The van der Waals surface area contributed by atoms with Crippen LogP contribution in [0.5, 0.6) is 0 Å². The molecule has 3 heterocycles. The lowest BCUT2D eigenvalue weighted by Gasteiger charge is -2.22. The van der Waals surface area contributed by atoms with E-state index in [0.717, 1.165) is 5.56 Å². The average Bonchev–Trinajstić information content (AvgIpc) is 3.26. The second kappa shape index (κ2) is 6.49. The van der Waals surface area contributed by atoms with Crippen molar-refractivity contribution in [2.75, 3.05) is 6.54 Å². The topological polar surface area (TPSA) is 66.5 Å². The van der Waals surface area contributed by atoms with Crippen LogP contribution in [-0.2, 0) is 21.4 Å². The van der Waals surface area contributed by atoms with E-state index >= 15 is 0 Å². The number of nitrogens with zero attached hydrogens (tertiary/aromatic N) is 1. The Labute approximate surface area is 137 Å². The number of nitrogens with one attached hydrogen (secondary N) is 1. The summed E-state index contributed by atoms with van der Waals surface area (Å²) in [6.07, 6.45) is 1.28. The first-order chi connectivity index (χ1) is 10.6. The smallest absolute Gasteiger partial charge is 0.253 e. The minimum absolute atomic E-state index is 0.219. The number of carbonyl (C=O) groups excluding carboxylic acids is 1. The summed E-state index contributed by atoms with van der Waals surface area (Å²) in [6.45, 7) is 0.836. The standard InChI is InChI=1S/C14H16N2O3S3/c17-14(15-9-11-5-8-20-10-11)12-3-1-6-16(12)22(18,19)13-4-2-7-21-13/h2,4-5,7-8,10,12H,1,3,6,9H2,(H,15,17). The number of hydrogen-bond acceptors (Lipinski definition) is 5. The molecule has 0 radical (unpaired) electrons. The summed E-state index contributed by atoms with van der Waals surface area (Å²) in [5.41, 5.74) is 1.03. The van der Waals surface area contributed by atoms with E-state index in [0.29, 0.717) is 30.1 Å². The molecule has 22 heavy (non-hydrogen) atoms. The Morgan fingerprint density at radius 1 is 1.36 bits per heavy atom. The van der Waals surface area contributed by atoms with Crippen LogP contribution >= 0.6 is 22.7 Å². The first-order valence-corrected chi connectivity index (χ1v) is 10.2. The van der Waals surface area contributed by atoms with E-state index in [2.05, 4.69) is 5.32 Å². The molecule has 0 spiro atoms. The Balaban J connectivity index is 1.71. The van der Waals surface area contributed by atoms with Gasteiger partial charge in [0, 0.05) is 13.1 Å². The third-order valence-electron chi connectivity index (χ3n) is 3.61. The molecule has 1 amide bonds. The fourth-order valence-electron chi connectivity index (χ4n) is 2.52. The molecule has 1 fully saturated rings. The van der Waals surface area contributed by atoms with Crippen molar-refractivity contribution in [1.82, 2.24) is 9.62 Å². The predicted molar refractivity (Wildman–Crippen MR) is 87.4 cm³/mol. The molecule has 0 bridgehead atoms. The van der Waals surface area contributed by atoms with Gasteiger partial charge in [0.1, 0.15) is 10.3 Å². The van der Waals surface area contributed by atoms with Gasteiger partial charge in [0.2, 0.25) is 5.91 Å². The second-order valence-electron chi connectivity index (χ2n) is 5.06. The molecule has 0 saturated carbocycles. The van der Waals surface area contributed by atoms with E-state index in [1.807, 2.05) is 16.8 Å². The molecule has 3 rings (SSSR count). The van der Waals surface area contributed by atoms with Crippen molar-refractivity contribution in [2.45, 2.75) is 29.6 Å². The van der Waals surface area contributed by atoms with Crippen LogP contribution in [0.2, 0.25) is 0 Å². The Bertz CT molecular complexity index is 723. The molecule has 8 heteroatoms. The van der Waals surface area contributed by atoms with E-state index in [1.54, 1.807) is 28.8 Å². The summed E-state index contributed by atoms with van der Waals surface area (Å²) in [5, 5.41) is 8.49. The highest BCUT2D eigenvalue weighted by Crippen LogP contribution is 2.28. The van der Waals surface area contributed by atoms with E-state index < -0.39 is 16.1 Å². The zero-order chi connectivity index (χ0) is 15.6. The summed E-state index contributed by atoms with van der Waals surface area (Å²) in [7, 11) is -3.57. The summed E-state index contributed by atoms with van der Waals surface area (Å²) in [4.78, 5) is 12.4. The van der Waals surface area contributed by atoms with E-state index in [-0.39, 0.29) is 5.91 Å². The SMILES string of the molecule is O=C(NCc1ccsc1)C1CCCN1S(=O)(=O)c1cccs1. The van der Waals surface area contributed by atoms with Crippen molar-refractivity contribution in [3.05, 3.63) is 39.9 Å². The summed E-state index contributed by atoms with van der Waals surface area (Å²) in [5.74, 6) is -0.219. The number of hydrogen-bond donors (Lipinski definition) is 1. The van der Waals surface area contributed by atoms with Crippen molar-refractivity contribution in [1.29, 1.82) is 0 Å². The van der Waals surface area contributed by atoms with Crippen LogP contribution in [0.1, 0.15) is 18.4 Å². The van der Waals surface area contributed by atoms with Gasteiger partial charge < -0.3 is 5.32 Å². The molecule has 1 N–H and O–H groups in total. The van der Waals surface area contributed by atoms with Gasteiger partial charge in [-0.15, -0.1) is 11.3 Å². The second-order valence-corrected chi connectivity index (χ2v) is 8.90. The van der Waals surface area contributed by atoms with Crippen LogP contribution in [0.25, 0.3) is 0 Å². The lowest BCUT2D eigenvalue weighted by molar-refractivity contribution is -0.124. The van der Waals surface area contributed by atoms with Gasteiger partial charge in [0.05, 0.1) is 0 Å². The third kappa shape index (κ3) is 3.10. The number of carbonyl (C=O) groups is 1. The molecule has 1 aliphatic rings. The fraction of sp³-hybridized carbons (Fsp3) is 0.357. The molecule has 1 atom stereocenters. The molecule has 118 valence electrons. The predicted octanol–water partition coefficient (Wildman–Crippen LogP) is 2.28. The monoisotopic (exact) mass is 356 g/mol. The van der Waals surface area contributed by atoms with Crippen LogP contribution in [0.4, 0.5) is 0 Å². The fourth-order valence-corrected chi connectivity index (χ4v) is 5.96. The van der Waals surface area contributed by atoms with Gasteiger partial charge in [-0.25, -0.2) is 8.42 Å². The zero-order valence-electron chi connectivity index (χ0n) is 11.8. The third-order valence-corrected chi connectivity index (χ3v) is 7.62. The highest BCUT2D eigenvalue weighted by Gasteiger charge is 2.39. The molecule has 1 unspecified atom stereocenters. The largest absolute Gasteiger partial charge is 0.351 e. The van der Waals surface area contributed by atoms with Crippen LogP contribution < -0.4 is 5.32 Å². The summed E-state index contributed by atoms with van der Waals surface area (Å²) >= 11 is 2.75. The van der Waals surface area contributed by atoms with Gasteiger partial charge in [-0.05, 0) is 46.7 Å². The van der Waals surface area contributed by atoms with Gasteiger partial charge in [-0.2, -0.15) is 15.6 Å². The van der Waals surface area contributed by atoms with E-state index in [9.17, 15) is 13.2 Å². The van der Waals surface area contributed by atoms with Gasteiger partial charge in [-0.1, -0.05) is 6.07 Å². The Morgan fingerprint density at radius 3 is 2.91 bits per heavy atom. The highest BCUT2D eigenvalue weighted by atomic mass is 32.2. The minimum atomic E-state index is -3.57. The maximum atomic E-state index is 12.6. The number of rotatable bonds is 5. The first-order valence-electron chi connectivity index (χ1n) is 6.93. The van der Waals surface area contributed by atoms with Gasteiger partial charge in [-0.3, -0.25) is 4.79 Å². The number of thiophene rings is 2. The normalized spacial score (nSPS) is 19.4. The van der Waals surface area contributed by atoms with Crippen molar-refractivity contribution >= 4 is 38.6 Å². The molecule has 2 aromatic heterocycles. The van der Waals surface area contributed by atoms with Crippen LogP contribution in [-0.4, -0.2) is 31.2 Å². The molecule has 1 saturated heterocycles. The molecule has 5 nitrogen and oxygen atoms in total. The molecule has 2 aromatic rings. The Hall–Kier alpha value is -1.22. The van der Waals surface area contributed by atoms with Crippen LogP contribution in [0, 0.1) is 0 Å². The van der Waals surface area contributed by atoms with Crippen molar-refractivity contribution < 1.29 is 13.2 Å². The molecular weight excluding hydrogens is 340 g/mol. The van der Waals surface area contributed by atoms with E-state index in [1.165, 1.54) is 15.6 Å². The lowest BCUT2D eigenvalue weighted by atomic mass is 10.2. The van der Waals surface area contributed by atoms with Gasteiger partial charge in [0.25, 0.3) is 10.0 Å². The van der Waals surface area contributed by atoms with Gasteiger partial charge in [0.15, 0.2) is 0 Å². The Kier molecular flexibility index (Phi) is 4.62. The highest BCUT2D eigenvalue weighted by molar-refractivity contribution is 7.91. The van der Waals surface area contributed by atoms with Crippen molar-refractivity contribution in [3.8, 4) is 0 Å². The summed E-state index contributed by atoms with van der Waals surface area (Å²) in [6, 6.07) is 4.63. The van der Waals surface area contributed by atoms with Crippen molar-refractivity contribution in [2.24, 2.45) is 0 Å². The molecular formula is C14H16N2O3S3. The quantitative estimate of drug-likeness (QED) is 0.894. The maximum absolute atomic E-state index is 12.6. The average molecular weight is 356 g/mol. The lowest BCUT2D eigenvalue weighted by Crippen LogP contribution is -2.45. The summed E-state index contributed by atoms with van der Waals surface area (Å²) < 4.78 is 26.8. The maximum Gasteiger partial charge on any atom is 0.253 e. The van der Waals surface area contributed by atoms with Crippen LogP contribution in [0.15, 0.2) is 38.5 Å². The number of sulfonamides is 1. The minimum Gasteiger partial charge on any atom is -0.351 e. The van der Waals surface area contributed by atoms with Crippen molar-refractivity contribution in [3.63, 3.8) is 0 Å². The number of amides is 1. The zero-order valence-corrected chi connectivity index (χ0v) is 14.2. The Morgan fingerprint density at radius 2 is 2.23 bits per heavy atom. The van der Waals surface area contributed by atoms with Crippen LogP contribution in [0.3, 0.4) is 0 Å². The van der Waals surface area contributed by atoms with Gasteiger partial charge >= 0.3 is 0 Å². The molecule has 0 aliphatic carbocycles. The van der Waals surface area contributed by atoms with E-state index in [4.69, 9.17) is 0 Å². The molecule has 0 aromatic carbocycles. The molecule has 1 aliphatic heterocycles. The first kappa shape index (κ1) is 15.7.